The van der Waals surface area contributed by atoms with E-state index in [4.69, 9.17) is 23.7 Å². The van der Waals surface area contributed by atoms with Gasteiger partial charge in [0.25, 0.3) is 0 Å². The number of methoxy groups -OCH3 is 3. The number of nitrogens with zero attached hydrogens (tertiary/aromatic N) is 2. The minimum atomic E-state index is -0.785. The van der Waals surface area contributed by atoms with Crippen LogP contribution in [0.15, 0.2) is 66.7 Å². The molecule has 0 amide bonds. The van der Waals surface area contributed by atoms with Gasteiger partial charge >= 0.3 is 11.9 Å². The molecule has 4 aliphatic rings. The van der Waals surface area contributed by atoms with Crippen molar-refractivity contribution in [1.82, 2.24) is 0 Å². The molecule has 2 N–H and O–H groups in total. The Labute approximate surface area is 431 Å². The highest BCUT2D eigenvalue weighted by Crippen LogP contribution is 2.51. The molecule has 6 unspecified atom stereocenters. The van der Waals surface area contributed by atoms with Crippen molar-refractivity contribution in [3.8, 4) is 40.2 Å². The fraction of sp³-hybridized carbons (Fsp3) is 0.574. The van der Waals surface area contributed by atoms with Crippen molar-refractivity contribution in [2.75, 3.05) is 48.5 Å². The number of ether oxygens (including phenoxy) is 5. The molecule has 0 saturated heterocycles. The summed E-state index contributed by atoms with van der Waals surface area (Å²) in [5.41, 5.74) is 6.24. The molecule has 72 heavy (non-hydrogen) atoms. The van der Waals surface area contributed by atoms with Crippen LogP contribution >= 0.6 is 0 Å². The van der Waals surface area contributed by atoms with Gasteiger partial charge in [0.2, 0.25) is 0 Å². The molecule has 0 spiro atoms. The van der Waals surface area contributed by atoms with Crippen molar-refractivity contribution in [3.05, 3.63) is 100 Å². The minimum absolute atomic E-state index is 0.223. The molecule has 0 radical (unpaired) electrons. The fourth-order valence-electron chi connectivity index (χ4n) is 12.4. The zero-order chi connectivity index (χ0) is 51.3. The summed E-state index contributed by atoms with van der Waals surface area (Å²) < 4.78 is 32.7. The molecular weight excluding hydrogens is 905 g/mol. The Morgan fingerprint density at radius 2 is 1.07 bits per heavy atom. The first-order chi connectivity index (χ1) is 34.9. The van der Waals surface area contributed by atoms with E-state index in [0.29, 0.717) is 101 Å². The first-order valence-electron chi connectivity index (χ1n) is 27.6. The van der Waals surface area contributed by atoms with Gasteiger partial charge in [-0.2, -0.15) is 0 Å². The number of likely N-dealkylation sites (N-methyl/N-ethyl adjacent to an activating group) is 2. The normalized spacial score (nSPS) is 21.0. The lowest BCUT2D eigenvalue weighted by Crippen LogP contribution is -2.61. The lowest BCUT2D eigenvalue weighted by Gasteiger charge is -2.49. The number of aliphatic carboxylic acids is 2. The number of quaternary nitrogens is 2. The van der Waals surface area contributed by atoms with Crippen LogP contribution in [0.4, 0.5) is 0 Å². The summed E-state index contributed by atoms with van der Waals surface area (Å²) in [7, 11) is 9.27. The van der Waals surface area contributed by atoms with Gasteiger partial charge in [-0.3, -0.25) is 0 Å². The van der Waals surface area contributed by atoms with Gasteiger partial charge in [0, 0.05) is 50.2 Å². The molecule has 4 aromatic rings. The number of benzene rings is 4. The van der Waals surface area contributed by atoms with E-state index >= 15 is 0 Å². The van der Waals surface area contributed by atoms with E-state index in [1.165, 1.54) is 64.2 Å². The van der Waals surface area contributed by atoms with Crippen LogP contribution < -0.4 is 23.7 Å². The predicted octanol–water partition coefficient (Wildman–Crippen LogP) is 14.2. The number of fused-ring (bicyclic) bond motifs is 2. The van der Waals surface area contributed by atoms with Crippen molar-refractivity contribution < 1.29 is 52.5 Å². The number of carboxylic acid groups (broad SMARTS) is 2. The van der Waals surface area contributed by atoms with Crippen molar-refractivity contribution in [2.24, 2.45) is 0 Å². The number of carbonyl (C=O) groups is 2. The summed E-state index contributed by atoms with van der Waals surface area (Å²) in [5.74, 6) is 2.65. The van der Waals surface area contributed by atoms with E-state index < -0.39 is 24.0 Å². The van der Waals surface area contributed by atoms with Crippen molar-refractivity contribution in [2.45, 2.75) is 179 Å². The lowest BCUT2D eigenvalue weighted by molar-refractivity contribution is -0.956. The largest absolute Gasteiger partial charge is 0.497 e. The summed E-state index contributed by atoms with van der Waals surface area (Å²) in [4.78, 5) is 27.3. The average Bonchev–Trinajstić information content (AvgIpc) is 3.37. The van der Waals surface area contributed by atoms with E-state index in [1.807, 2.05) is 30.3 Å². The number of unbranched alkanes of at least 4 members (excludes halogenated alkanes) is 14. The zero-order valence-electron chi connectivity index (χ0n) is 44.8. The van der Waals surface area contributed by atoms with E-state index in [2.05, 4.69) is 64.3 Å². The maximum atomic E-state index is 13.7. The second kappa shape index (κ2) is 25.6. The van der Waals surface area contributed by atoms with Gasteiger partial charge in [0.15, 0.2) is 35.1 Å². The van der Waals surface area contributed by atoms with Gasteiger partial charge in [0.05, 0.1) is 54.1 Å². The first kappa shape index (κ1) is 54.5. The topological polar surface area (TPSA) is 121 Å². The highest BCUT2D eigenvalue weighted by atomic mass is 16.5. The molecule has 4 heterocycles. The standard InChI is InChI=1S/C61H84N2O9/c1-8-10-12-14-16-18-20-22-24-50(60(64)65)62(3)34-32-45-40-55(70-7)57-42-49(45)52(62)36-43-26-29-47(30-27-43)71-56-38-44(28-31-54(56)69-6)37-53-59-46(39-48(68-5)41-58(59)72-57)33-35-63(53,4)51(61(66)67)25-23-21-19-17-15-13-11-9-2/h26-31,38-42,50-53H,8-25,32-37H2,1-7H3/p+2. The van der Waals surface area contributed by atoms with Crippen LogP contribution in [-0.2, 0) is 35.3 Å². The third-order valence-corrected chi connectivity index (χ3v) is 16.8. The Kier molecular flexibility index (Phi) is 19.4. The van der Waals surface area contributed by atoms with E-state index in [-0.39, 0.29) is 12.1 Å². The summed E-state index contributed by atoms with van der Waals surface area (Å²) in [6.07, 6.45) is 21.9. The Hall–Kier alpha value is -5.26. The number of hydrogen-bond acceptors (Lipinski definition) is 7. The quantitative estimate of drug-likeness (QED) is 0.0494. The van der Waals surface area contributed by atoms with Gasteiger partial charge in [-0.05, 0) is 77.6 Å². The van der Waals surface area contributed by atoms with Crippen LogP contribution in [0.1, 0.15) is 175 Å². The maximum Gasteiger partial charge on any atom is 0.362 e. The van der Waals surface area contributed by atoms with E-state index in [9.17, 15) is 19.8 Å². The summed E-state index contributed by atoms with van der Waals surface area (Å²) in [6.45, 7) is 5.76. The van der Waals surface area contributed by atoms with Gasteiger partial charge in [-0.25, -0.2) is 9.59 Å². The molecular formula is C61H86N2O9+2. The fourth-order valence-corrected chi connectivity index (χ4v) is 12.4. The maximum absolute atomic E-state index is 13.7. The third-order valence-electron chi connectivity index (χ3n) is 16.8. The molecule has 0 saturated carbocycles. The van der Waals surface area contributed by atoms with Crippen molar-refractivity contribution in [1.29, 1.82) is 0 Å². The van der Waals surface area contributed by atoms with Gasteiger partial charge in [0.1, 0.15) is 29.3 Å². The lowest BCUT2D eigenvalue weighted by atomic mass is 9.83. The van der Waals surface area contributed by atoms with Gasteiger partial charge in [-0.1, -0.05) is 122 Å². The molecule has 6 atom stereocenters. The van der Waals surface area contributed by atoms with Crippen LogP contribution in [0, 0.1) is 0 Å². The predicted molar refractivity (Wildman–Crippen MR) is 285 cm³/mol. The second-order valence-electron chi connectivity index (χ2n) is 21.5. The summed E-state index contributed by atoms with van der Waals surface area (Å²) in [6, 6.07) is 20.6. The van der Waals surface area contributed by atoms with Crippen LogP contribution in [0.2, 0.25) is 0 Å². The molecule has 8 rings (SSSR count). The van der Waals surface area contributed by atoms with Crippen molar-refractivity contribution in [3.63, 3.8) is 0 Å². The number of carboxylic acids is 2. The molecule has 4 aliphatic heterocycles. The van der Waals surface area contributed by atoms with E-state index in [1.54, 1.807) is 21.3 Å². The molecule has 4 aromatic carbocycles. The van der Waals surface area contributed by atoms with Crippen LogP contribution in [0.5, 0.6) is 40.2 Å². The molecule has 11 heteroatoms. The Balaban J connectivity index is 1.35. The Bertz CT molecular complexity index is 2420. The smallest absolute Gasteiger partial charge is 0.362 e. The van der Waals surface area contributed by atoms with Gasteiger partial charge < -0.3 is 42.9 Å². The highest BCUT2D eigenvalue weighted by molar-refractivity contribution is 5.73. The average molecular weight is 991 g/mol. The molecule has 0 fully saturated rings. The summed E-state index contributed by atoms with van der Waals surface area (Å²) >= 11 is 0. The van der Waals surface area contributed by atoms with Crippen molar-refractivity contribution >= 4 is 11.9 Å². The Morgan fingerprint density at radius 1 is 0.556 bits per heavy atom. The second-order valence-corrected chi connectivity index (χ2v) is 21.5. The monoisotopic (exact) mass is 991 g/mol. The number of rotatable bonds is 25. The van der Waals surface area contributed by atoms with Crippen LogP contribution in [0.3, 0.4) is 0 Å². The third kappa shape index (κ3) is 12.7. The Morgan fingerprint density at radius 3 is 1.62 bits per heavy atom. The van der Waals surface area contributed by atoms with Crippen LogP contribution in [0.25, 0.3) is 0 Å². The van der Waals surface area contributed by atoms with Gasteiger partial charge in [-0.15, -0.1) is 0 Å². The molecule has 6 bridgehead atoms. The highest BCUT2D eigenvalue weighted by Gasteiger charge is 2.50. The minimum Gasteiger partial charge on any atom is -0.497 e. The first-order valence-corrected chi connectivity index (χ1v) is 27.6. The van der Waals surface area contributed by atoms with Crippen LogP contribution in [-0.4, -0.2) is 91.7 Å². The molecule has 392 valence electrons. The zero-order valence-corrected chi connectivity index (χ0v) is 44.8. The molecule has 11 nitrogen and oxygen atoms in total. The van der Waals surface area contributed by atoms with E-state index in [0.717, 1.165) is 71.9 Å². The molecule has 0 aliphatic carbocycles. The SMILES string of the molecule is CCCCCCCCCCC(C(=O)O)[N+]1(C)CCc2cc(OC)c3cc2C1Cc1ccc(cc1)Oc1cc(ccc1OC)CC1c2c(cc(OC)cc2O3)CC[N+]1(C)C(CCCCCCCCCC)C(=O)O. The number of hydrogen-bond donors (Lipinski definition) is 2. The summed E-state index contributed by atoms with van der Waals surface area (Å²) in [5, 5.41) is 22.4. The molecule has 0 aromatic heterocycles.